The van der Waals surface area contributed by atoms with Crippen LogP contribution in [0.15, 0.2) is 47.0 Å². The molecule has 0 fully saturated rings. The fourth-order valence-electron chi connectivity index (χ4n) is 3.13. The first-order chi connectivity index (χ1) is 15.6. The molecule has 0 aliphatic rings. The fourth-order valence-corrected chi connectivity index (χ4v) is 4.37. The molecule has 11 nitrogen and oxygen atoms in total. The third kappa shape index (κ3) is 4.78. The number of benzene rings is 1. The average Bonchev–Trinajstić information content (AvgIpc) is 3.39. The van der Waals surface area contributed by atoms with E-state index in [9.17, 15) is 18.0 Å². The van der Waals surface area contributed by atoms with Gasteiger partial charge in [-0.05, 0) is 12.1 Å². The van der Waals surface area contributed by atoms with Gasteiger partial charge in [0.25, 0.3) is 5.56 Å². The van der Waals surface area contributed by atoms with Gasteiger partial charge >= 0.3 is 0 Å². The summed E-state index contributed by atoms with van der Waals surface area (Å²) in [6.45, 7) is 0.177. The Hall–Kier alpha value is -3.58. The second-order valence-corrected chi connectivity index (χ2v) is 10.2. The number of nitrogens with zero attached hydrogens (tertiary/aromatic N) is 6. The Morgan fingerprint density at radius 1 is 1.24 bits per heavy atom. The lowest BCUT2D eigenvalue weighted by Gasteiger charge is -2.16. The molecule has 0 aliphatic carbocycles. The molecule has 3 aromatic heterocycles. The van der Waals surface area contributed by atoms with Gasteiger partial charge in [-0.25, -0.2) is 18.4 Å². The summed E-state index contributed by atoms with van der Waals surface area (Å²) in [5, 5.41) is 9.40. The van der Waals surface area contributed by atoms with E-state index in [1.165, 1.54) is 44.5 Å². The number of sulfonamides is 1. The molecular weight excluding hydrogens is 466 g/mol. The maximum absolute atomic E-state index is 12.5. The first-order valence-electron chi connectivity index (χ1n) is 9.80. The number of carbonyl (C=O) groups excluding carboxylic acids is 1. The van der Waals surface area contributed by atoms with Gasteiger partial charge in [0, 0.05) is 38.0 Å². The second-order valence-electron chi connectivity index (χ2n) is 7.36. The van der Waals surface area contributed by atoms with Crippen LogP contribution < -0.4 is 15.2 Å². The van der Waals surface area contributed by atoms with Gasteiger partial charge < -0.3 is 5.32 Å². The summed E-state index contributed by atoms with van der Waals surface area (Å²) >= 11 is 1.28. The number of anilines is 2. The monoisotopic (exact) mass is 487 g/mol. The van der Waals surface area contributed by atoms with Gasteiger partial charge in [-0.3, -0.25) is 23.1 Å². The van der Waals surface area contributed by atoms with Gasteiger partial charge in [0.05, 0.1) is 30.2 Å². The molecule has 4 aromatic rings. The molecule has 0 unspecified atom stereocenters. The van der Waals surface area contributed by atoms with Crippen molar-refractivity contribution in [2.45, 2.75) is 13.0 Å². The number of aryl methyl sites for hydroxylation is 2. The van der Waals surface area contributed by atoms with Crippen molar-refractivity contribution in [1.82, 2.24) is 24.3 Å². The highest BCUT2D eigenvalue weighted by molar-refractivity contribution is 7.92. The minimum atomic E-state index is -3.34. The first-order valence-corrected chi connectivity index (χ1v) is 12.5. The summed E-state index contributed by atoms with van der Waals surface area (Å²) < 4.78 is 27.4. The molecule has 3 heterocycles. The van der Waals surface area contributed by atoms with E-state index in [0.29, 0.717) is 27.5 Å². The fraction of sp³-hybridized carbons (Fsp3) is 0.250. The van der Waals surface area contributed by atoms with E-state index in [1.807, 2.05) is 0 Å². The Bertz CT molecular complexity index is 1490. The lowest BCUT2D eigenvalue weighted by Crippen LogP contribution is -2.24. The van der Waals surface area contributed by atoms with Crippen LogP contribution in [-0.2, 0) is 28.4 Å². The van der Waals surface area contributed by atoms with Gasteiger partial charge in [-0.15, -0.1) is 11.3 Å². The molecule has 0 bridgehead atoms. The van der Waals surface area contributed by atoms with Crippen LogP contribution in [0.3, 0.4) is 0 Å². The van der Waals surface area contributed by atoms with Crippen LogP contribution in [0.25, 0.3) is 22.3 Å². The van der Waals surface area contributed by atoms with Crippen molar-refractivity contribution in [2.75, 3.05) is 22.9 Å². The van der Waals surface area contributed by atoms with Crippen LogP contribution >= 0.6 is 11.3 Å². The van der Waals surface area contributed by atoms with Crippen LogP contribution in [-0.4, -0.2) is 51.9 Å². The Balaban J connectivity index is 1.39. The SMILES string of the molecule is CN(c1ccc(-c2csc(NC(=O)CCn3cnc4c(cnn4C)c3=O)n2)cc1)S(C)(=O)=O. The molecule has 0 radical (unpaired) electrons. The number of rotatable bonds is 7. The molecule has 1 aromatic carbocycles. The van der Waals surface area contributed by atoms with Crippen LogP contribution in [0.5, 0.6) is 0 Å². The molecular formula is C20H21N7O4S2. The summed E-state index contributed by atoms with van der Waals surface area (Å²) in [4.78, 5) is 33.5. The molecule has 0 saturated carbocycles. The Labute approximate surface area is 193 Å². The molecule has 33 heavy (non-hydrogen) atoms. The normalized spacial score (nSPS) is 11.6. The van der Waals surface area contributed by atoms with Gasteiger partial charge in [-0.2, -0.15) is 5.10 Å². The zero-order valence-electron chi connectivity index (χ0n) is 18.1. The van der Waals surface area contributed by atoms with Crippen molar-refractivity contribution in [3.05, 3.63) is 52.5 Å². The second kappa shape index (κ2) is 8.75. The van der Waals surface area contributed by atoms with Crippen molar-refractivity contribution in [3.8, 4) is 11.3 Å². The third-order valence-corrected chi connectivity index (χ3v) is 7.04. The molecule has 0 saturated heterocycles. The smallest absolute Gasteiger partial charge is 0.264 e. The average molecular weight is 488 g/mol. The van der Waals surface area contributed by atoms with Crippen molar-refractivity contribution in [3.63, 3.8) is 0 Å². The van der Waals surface area contributed by atoms with Crippen LogP contribution in [0, 0.1) is 0 Å². The lowest BCUT2D eigenvalue weighted by molar-refractivity contribution is -0.116. The van der Waals surface area contributed by atoms with Crippen LogP contribution in [0.2, 0.25) is 0 Å². The minimum Gasteiger partial charge on any atom is -0.302 e. The molecule has 13 heteroatoms. The number of hydrogen-bond donors (Lipinski definition) is 1. The molecule has 1 N–H and O–H groups in total. The summed E-state index contributed by atoms with van der Waals surface area (Å²) in [5.41, 5.74) is 2.24. The summed E-state index contributed by atoms with van der Waals surface area (Å²) in [6, 6.07) is 6.93. The highest BCUT2D eigenvalue weighted by Crippen LogP contribution is 2.27. The van der Waals surface area contributed by atoms with Crippen molar-refractivity contribution < 1.29 is 13.2 Å². The molecule has 172 valence electrons. The molecule has 0 aliphatic heterocycles. The Kier molecular flexibility index (Phi) is 5.99. The van der Waals surface area contributed by atoms with E-state index in [1.54, 1.807) is 36.7 Å². The summed E-state index contributed by atoms with van der Waals surface area (Å²) in [6.07, 6.45) is 4.09. The number of fused-ring (bicyclic) bond motifs is 1. The maximum atomic E-state index is 12.5. The number of aromatic nitrogens is 5. The molecule has 4 rings (SSSR count). The standard InChI is InChI=1S/C20H21N7O4S2/c1-25-18-15(10-22-25)19(29)27(12-21-18)9-8-17(28)24-20-23-16(11-32-20)13-4-6-14(7-5-13)26(2)33(3,30)31/h4-7,10-12H,8-9H2,1-3H3,(H,23,24,28). The van der Waals surface area contributed by atoms with Gasteiger partial charge in [-0.1, -0.05) is 12.1 Å². The van der Waals surface area contributed by atoms with Crippen molar-refractivity contribution >= 4 is 49.1 Å². The predicted octanol–water partition coefficient (Wildman–Crippen LogP) is 1.68. The van der Waals surface area contributed by atoms with Crippen LogP contribution in [0.1, 0.15) is 6.42 Å². The predicted molar refractivity (Wildman–Crippen MR) is 127 cm³/mol. The molecule has 1 amide bonds. The van der Waals surface area contributed by atoms with E-state index in [0.717, 1.165) is 11.8 Å². The number of nitrogens with one attached hydrogen (secondary N) is 1. The molecule has 0 atom stereocenters. The highest BCUT2D eigenvalue weighted by atomic mass is 32.2. The quantitative estimate of drug-likeness (QED) is 0.419. The largest absolute Gasteiger partial charge is 0.302 e. The third-order valence-electron chi connectivity index (χ3n) is 5.07. The zero-order chi connectivity index (χ0) is 23.8. The maximum Gasteiger partial charge on any atom is 0.264 e. The van der Waals surface area contributed by atoms with E-state index in [4.69, 9.17) is 0 Å². The topological polar surface area (TPSA) is 132 Å². The lowest BCUT2D eigenvalue weighted by atomic mass is 10.1. The van der Waals surface area contributed by atoms with E-state index in [2.05, 4.69) is 20.4 Å². The van der Waals surface area contributed by atoms with Gasteiger partial charge in [0.15, 0.2) is 10.8 Å². The Morgan fingerprint density at radius 2 is 1.97 bits per heavy atom. The summed E-state index contributed by atoms with van der Waals surface area (Å²) in [7, 11) is -0.147. The number of hydrogen-bond acceptors (Lipinski definition) is 8. The van der Waals surface area contributed by atoms with E-state index in [-0.39, 0.29) is 24.4 Å². The highest BCUT2D eigenvalue weighted by Gasteiger charge is 2.14. The molecule has 0 spiro atoms. The van der Waals surface area contributed by atoms with Crippen molar-refractivity contribution in [2.24, 2.45) is 7.05 Å². The number of amides is 1. The van der Waals surface area contributed by atoms with E-state index < -0.39 is 10.0 Å². The Morgan fingerprint density at radius 3 is 2.67 bits per heavy atom. The minimum absolute atomic E-state index is 0.0782. The van der Waals surface area contributed by atoms with Crippen LogP contribution in [0.4, 0.5) is 10.8 Å². The zero-order valence-corrected chi connectivity index (χ0v) is 19.7. The summed E-state index contributed by atoms with van der Waals surface area (Å²) in [5.74, 6) is -0.279. The van der Waals surface area contributed by atoms with Gasteiger partial charge in [0.2, 0.25) is 15.9 Å². The first kappa shape index (κ1) is 22.6. The number of thiazole rings is 1. The number of carbonyl (C=O) groups is 1. The van der Waals surface area contributed by atoms with Crippen molar-refractivity contribution in [1.29, 1.82) is 0 Å². The van der Waals surface area contributed by atoms with Gasteiger partial charge in [0.1, 0.15) is 5.39 Å². The van der Waals surface area contributed by atoms with E-state index >= 15 is 0 Å².